The van der Waals surface area contributed by atoms with Crippen molar-refractivity contribution in [2.75, 3.05) is 13.1 Å². The van der Waals surface area contributed by atoms with E-state index in [1.165, 1.54) is 6.07 Å². The van der Waals surface area contributed by atoms with Gasteiger partial charge in [-0.15, -0.1) is 0 Å². The maximum Gasteiger partial charge on any atom is 0.257 e. The third kappa shape index (κ3) is 3.20. The number of hydrogen-bond donors (Lipinski definition) is 1. The first-order chi connectivity index (χ1) is 11.1. The Hall–Kier alpha value is -2.01. The average Bonchev–Trinajstić information content (AvgIpc) is 3.03. The number of phenols is 1. The number of rotatable bonds is 3. The van der Waals surface area contributed by atoms with Gasteiger partial charge >= 0.3 is 0 Å². The zero-order valence-corrected chi connectivity index (χ0v) is 13.8. The van der Waals surface area contributed by atoms with Crippen molar-refractivity contribution in [3.63, 3.8) is 0 Å². The van der Waals surface area contributed by atoms with Crippen molar-refractivity contribution >= 4 is 17.5 Å². The van der Waals surface area contributed by atoms with Crippen molar-refractivity contribution in [2.45, 2.75) is 32.2 Å². The summed E-state index contributed by atoms with van der Waals surface area (Å²) < 4.78 is 2.12. The SMILES string of the molecule is CCn1ccnc1C1CCCN(C(=O)c2ccc(Cl)cc2O)C1. The molecule has 1 N–H and O–H groups in total. The Morgan fingerprint density at radius 1 is 1.48 bits per heavy atom. The van der Waals surface area contributed by atoms with E-state index in [1.54, 1.807) is 17.0 Å². The van der Waals surface area contributed by atoms with Crippen LogP contribution in [0.25, 0.3) is 0 Å². The molecule has 1 aromatic heterocycles. The molecule has 1 aromatic carbocycles. The van der Waals surface area contributed by atoms with Gasteiger partial charge in [-0.3, -0.25) is 4.79 Å². The third-order valence-corrected chi connectivity index (χ3v) is 4.59. The summed E-state index contributed by atoms with van der Waals surface area (Å²) in [6.45, 7) is 4.28. The van der Waals surface area contributed by atoms with Crippen molar-refractivity contribution in [3.8, 4) is 5.75 Å². The van der Waals surface area contributed by atoms with Crippen LogP contribution in [0.3, 0.4) is 0 Å². The minimum absolute atomic E-state index is 0.0697. The van der Waals surface area contributed by atoms with Gasteiger partial charge in [0.05, 0.1) is 5.56 Å². The molecule has 1 aliphatic heterocycles. The zero-order chi connectivity index (χ0) is 16.4. The number of piperidine rings is 1. The Labute approximate surface area is 140 Å². The number of carbonyl (C=O) groups is 1. The van der Waals surface area contributed by atoms with Crippen molar-refractivity contribution < 1.29 is 9.90 Å². The van der Waals surface area contributed by atoms with Gasteiger partial charge < -0.3 is 14.6 Å². The minimum atomic E-state index is -0.154. The predicted octanol–water partition coefficient (Wildman–Crippen LogP) is 3.28. The van der Waals surface area contributed by atoms with E-state index in [0.717, 1.165) is 25.2 Å². The summed E-state index contributed by atoms with van der Waals surface area (Å²) in [5.41, 5.74) is 0.300. The average molecular weight is 334 g/mol. The van der Waals surface area contributed by atoms with Crippen LogP contribution in [0.4, 0.5) is 0 Å². The highest BCUT2D eigenvalue weighted by Crippen LogP contribution is 2.29. The van der Waals surface area contributed by atoms with Gasteiger partial charge in [0.25, 0.3) is 5.91 Å². The molecule has 2 aromatic rings. The molecule has 122 valence electrons. The molecule has 2 heterocycles. The topological polar surface area (TPSA) is 58.4 Å². The van der Waals surface area contributed by atoms with E-state index < -0.39 is 0 Å². The lowest BCUT2D eigenvalue weighted by Gasteiger charge is -2.32. The second-order valence-corrected chi connectivity index (χ2v) is 6.26. The molecule has 3 rings (SSSR count). The first-order valence-corrected chi connectivity index (χ1v) is 8.26. The molecular weight excluding hydrogens is 314 g/mol. The number of halogens is 1. The number of amides is 1. The maximum atomic E-state index is 12.7. The van der Waals surface area contributed by atoms with Gasteiger partial charge in [-0.1, -0.05) is 11.6 Å². The molecule has 1 aliphatic rings. The number of aromatic nitrogens is 2. The van der Waals surface area contributed by atoms with E-state index >= 15 is 0 Å². The third-order valence-electron chi connectivity index (χ3n) is 4.35. The lowest BCUT2D eigenvalue weighted by Crippen LogP contribution is -2.39. The monoisotopic (exact) mass is 333 g/mol. The van der Waals surface area contributed by atoms with Crippen LogP contribution in [0.15, 0.2) is 30.6 Å². The number of imidazole rings is 1. The molecule has 0 radical (unpaired) electrons. The highest BCUT2D eigenvalue weighted by Gasteiger charge is 2.28. The number of aryl methyl sites for hydroxylation is 1. The van der Waals surface area contributed by atoms with Crippen molar-refractivity contribution in [3.05, 3.63) is 47.0 Å². The van der Waals surface area contributed by atoms with E-state index in [1.807, 2.05) is 12.4 Å². The van der Waals surface area contributed by atoms with E-state index in [0.29, 0.717) is 23.7 Å². The molecule has 6 heteroatoms. The van der Waals surface area contributed by atoms with E-state index in [2.05, 4.69) is 16.5 Å². The van der Waals surface area contributed by atoms with Crippen LogP contribution >= 0.6 is 11.6 Å². The van der Waals surface area contributed by atoms with Gasteiger partial charge in [0.1, 0.15) is 11.6 Å². The lowest BCUT2D eigenvalue weighted by atomic mass is 9.96. The van der Waals surface area contributed by atoms with Gasteiger partial charge in [-0.25, -0.2) is 4.98 Å². The first-order valence-electron chi connectivity index (χ1n) is 7.89. The standard InChI is InChI=1S/C17H20ClN3O2/c1-2-20-9-7-19-16(20)12-4-3-8-21(11-12)17(23)14-6-5-13(18)10-15(14)22/h5-7,9-10,12,22H,2-4,8,11H2,1H3. The number of aromatic hydroxyl groups is 1. The summed E-state index contributed by atoms with van der Waals surface area (Å²) in [4.78, 5) is 19.0. The van der Waals surface area contributed by atoms with Crippen LogP contribution in [-0.4, -0.2) is 38.6 Å². The quantitative estimate of drug-likeness (QED) is 0.937. The molecule has 0 aliphatic carbocycles. The summed E-state index contributed by atoms with van der Waals surface area (Å²) >= 11 is 5.84. The Morgan fingerprint density at radius 2 is 2.30 bits per heavy atom. The van der Waals surface area contributed by atoms with Crippen molar-refractivity contribution in [2.24, 2.45) is 0 Å². The molecule has 1 unspecified atom stereocenters. The number of likely N-dealkylation sites (tertiary alicyclic amines) is 1. The second-order valence-electron chi connectivity index (χ2n) is 5.82. The smallest absolute Gasteiger partial charge is 0.257 e. The molecule has 1 atom stereocenters. The van der Waals surface area contributed by atoms with E-state index in [-0.39, 0.29) is 17.6 Å². The summed E-state index contributed by atoms with van der Waals surface area (Å²) in [5.74, 6) is 1.04. The van der Waals surface area contributed by atoms with Gasteiger partial charge in [-0.05, 0) is 38.0 Å². The van der Waals surface area contributed by atoms with Gasteiger partial charge in [0, 0.05) is 43.0 Å². The normalized spacial score (nSPS) is 18.2. The Balaban J connectivity index is 1.79. The Kier molecular flexibility index (Phi) is 4.57. The fraction of sp³-hybridized carbons (Fsp3) is 0.412. The highest BCUT2D eigenvalue weighted by molar-refractivity contribution is 6.30. The molecule has 0 spiro atoms. The molecule has 0 bridgehead atoms. The first kappa shape index (κ1) is 15.9. The van der Waals surface area contributed by atoms with Crippen LogP contribution < -0.4 is 0 Å². The van der Waals surface area contributed by atoms with Crippen LogP contribution in [-0.2, 0) is 6.54 Å². The van der Waals surface area contributed by atoms with Crippen LogP contribution in [0.5, 0.6) is 5.75 Å². The van der Waals surface area contributed by atoms with Crippen molar-refractivity contribution in [1.29, 1.82) is 0 Å². The number of hydrogen-bond acceptors (Lipinski definition) is 3. The summed E-state index contributed by atoms with van der Waals surface area (Å²) in [5, 5.41) is 10.4. The van der Waals surface area contributed by atoms with Crippen LogP contribution in [0.2, 0.25) is 5.02 Å². The summed E-state index contributed by atoms with van der Waals surface area (Å²) in [6, 6.07) is 4.61. The molecule has 1 saturated heterocycles. The highest BCUT2D eigenvalue weighted by atomic mass is 35.5. The molecular formula is C17H20ClN3O2. The van der Waals surface area contributed by atoms with Gasteiger partial charge in [0.2, 0.25) is 0 Å². The molecule has 0 saturated carbocycles. The predicted molar refractivity (Wildman–Crippen MR) is 88.9 cm³/mol. The number of nitrogens with zero attached hydrogens (tertiary/aromatic N) is 3. The molecule has 1 fully saturated rings. The molecule has 1 amide bonds. The number of phenolic OH excluding ortho intramolecular Hbond substituents is 1. The lowest BCUT2D eigenvalue weighted by molar-refractivity contribution is 0.0700. The summed E-state index contributed by atoms with van der Waals surface area (Å²) in [6.07, 6.45) is 5.74. The fourth-order valence-electron chi connectivity index (χ4n) is 3.18. The largest absolute Gasteiger partial charge is 0.507 e. The minimum Gasteiger partial charge on any atom is -0.507 e. The van der Waals surface area contributed by atoms with Crippen molar-refractivity contribution in [1.82, 2.24) is 14.5 Å². The number of carbonyl (C=O) groups excluding carboxylic acids is 1. The Bertz CT molecular complexity index is 714. The fourth-order valence-corrected chi connectivity index (χ4v) is 3.34. The van der Waals surface area contributed by atoms with E-state index in [9.17, 15) is 9.90 Å². The van der Waals surface area contributed by atoms with E-state index in [4.69, 9.17) is 11.6 Å². The maximum absolute atomic E-state index is 12.7. The molecule has 23 heavy (non-hydrogen) atoms. The zero-order valence-electron chi connectivity index (χ0n) is 13.1. The number of benzene rings is 1. The summed E-state index contributed by atoms with van der Waals surface area (Å²) in [7, 11) is 0. The van der Waals surface area contributed by atoms with Crippen LogP contribution in [0.1, 0.15) is 41.9 Å². The van der Waals surface area contributed by atoms with Crippen LogP contribution in [0, 0.1) is 0 Å². The Morgan fingerprint density at radius 3 is 3.04 bits per heavy atom. The van der Waals surface area contributed by atoms with Gasteiger partial charge in [0.15, 0.2) is 0 Å². The van der Waals surface area contributed by atoms with Gasteiger partial charge in [-0.2, -0.15) is 0 Å². The molecule has 5 nitrogen and oxygen atoms in total. The second kappa shape index (κ2) is 6.62.